The highest BCUT2D eigenvalue weighted by Gasteiger charge is 2.15. The molecule has 3 heterocycles. The smallest absolute Gasteiger partial charge is 0.358 e. The molecule has 4 aromatic rings. The molecule has 0 amide bonds. The minimum absolute atomic E-state index is 0.274. The lowest BCUT2D eigenvalue weighted by Gasteiger charge is -2.01. The summed E-state index contributed by atoms with van der Waals surface area (Å²) >= 11 is 0. The van der Waals surface area contributed by atoms with Gasteiger partial charge >= 0.3 is 5.97 Å². The summed E-state index contributed by atoms with van der Waals surface area (Å²) in [5.41, 5.74) is 3.73. The maximum Gasteiger partial charge on any atom is 0.358 e. The van der Waals surface area contributed by atoms with Crippen molar-refractivity contribution in [2.75, 3.05) is 7.11 Å². The molecule has 0 aliphatic heterocycles. The van der Waals surface area contributed by atoms with Crippen LogP contribution < -0.4 is 0 Å². The summed E-state index contributed by atoms with van der Waals surface area (Å²) < 4.78 is 11.6. The fourth-order valence-corrected chi connectivity index (χ4v) is 2.76. The largest absolute Gasteiger partial charge is 0.464 e. The van der Waals surface area contributed by atoms with Gasteiger partial charge in [0.25, 0.3) is 5.89 Å². The number of aromatic nitrogens is 5. The SMILES string of the molecule is COC(=O)c1cc(-c2ccc3[nH]c(-c4nc(C)no4)cc3c2)n(C)n1. The van der Waals surface area contributed by atoms with Gasteiger partial charge in [-0.2, -0.15) is 10.1 Å². The van der Waals surface area contributed by atoms with E-state index in [2.05, 4.69) is 20.2 Å². The third-order valence-corrected chi connectivity index (χ3v) is 3.95. The van der Waals surface area contributed by atoms with Crippen molar-refractivity contribution in [1.82, 2.24) is 24.9 Å². The van der Waals surface area contributed by atoms with Crippen molar-refractivity contribution >= 4 is 16.9 Å². The summed E-state index contributed by atoms with van der Waals surface area (Å²) in [6, 6.07) is 9.59. The van der Waals surface area contributed by atoms with Crippen LogP contribution in [0.15, 0.2) is 34.9 Å². The molecular weight excluding hydrogens is 322 g/mol. The Labute approximate surface area is 142 Å². The predicted molar refractivity (Wildman–Crippen MR) is 89.9 cm³/mol. The van der Waals surface area contributed by atoms with E-state index in [1.54, 1.807) is 24.7 Å². The van der Waals surface area contributed by atoms with E-state index in [1.807, 2.05) is 24.3 Å². The molecule has 1 N–H and O–H groups in total. The lowest BCUT2D eigenvalue weighted by atomic mass is 10.1. The minimum atomic E-state index is -0.460. The van der Waals surface area contributed by atoms with Crippen molar-refractivity contribution in [3.8, 4) is 22.8 Å². The molecule has 0 spiro atoms. The molecular formula is C17H15N5O3. The standard InChI is InChI=1S/C17H15N5O3/c1-9-18-16(25-21-9)13-7-11-6-10(4-5-12(11)19-13)15-8-14(17(23)24-3)20-22(15)2/h4-8,19H,1-3H3. The lowest BCUT2D eigenvalue weighted by Crippen LogP contribution is -2.02. The van der Waals surface area contributed by atoms with Crippen LogP contribution in [0.25, 0.3) is 33.7 Å². The van der Waals surface area contributed by atoms with E-state index in [-0.39, 0.29) is 5.69 Å². The Kier molecular flexibility index (Phi) is 3.38. The summed E-state index contributed by atoms with van der Waals surface area (Å²) in [5, 5.41) is 8.99. The summed E-state index contributed by atoms with van der Waals surface area (Å²) in [6.07, 6.45) is 0. The van der Waals surface area contributed by atoms with Gasteiger partial charge in [0, 0.05) is 23.5 Å². The highest BCUT2D eigenvalue weighted by molar-refractivity contribution is 5.91. The van der Waals surface area contributed by atoms with Gasteiger partial charge in [0.2, 0.25) is 0 Å². The number of hydrogen-bond acceptors (Lipinski definition) is 6. The Morgan fingerprint density at radius 3 is 2.84 bits per heavy atom. The fraction of sp³-hybridized carbons (Fsp3) is 0.176. The maximum atomic E-state index is 11.7. The number of carbonyl (C=O) groups is 1. The second-order valence-corrected chi connectivity index (χ2v) is 5.66. The lowest BCUT2D eigenvalue weighted by molar-refractivity contribution is 0.0593. The minimum Gasteiger partial charge on any atom is -0.464 e. The topological polar surface area (TPSA) is 98.8 Å². The number of H-pyrrole nitrogens is 1. The molecule has 4 rings (SSSR count). The molecule has 25 heavy (non-hydrogen) atoms. The van der Waals surface area contributed by atoms with E-state index >= 15 is 0 Å². The van der Waals surface area contributed by atoms with Crippen molar-refractivity contribution in [1.29, 1.82) is 0 Å². The number of aryl methyl sites for hydroxylation is 2. The van der Waals surface area contributed by atoms with E-state index < -0.39 is 5.97 Å². The van der Waals surface area contributed by atoms with Crippen LogP contribution in [0, 0.1) is 6.92 Å². The van der Waals surface area contributed by atoms with Crippen LogP contribution in [0.4, 0.5) is 0 Å². The average molecular weight is 337 g/mol. The first kappa shape index (κ1) is 15.1. The van der Waals surface area contributed by atoms with Crippen LogP contribution >= 0.6 is 0 Å². The van der Waals surface area contributed by atoms with E-state index in [0.717, 1.165) is 27.9 Å². The second-order valence-electron chi connectivity index (χ2n) is 5.66. The number of nitrogens with zero attached hydrogens (tertiary/aromatic N) is 4. The molecule has 8 nitrogen and oxygen atoms in total. The number of esters is 1. The van der Waals surface area contributed by atoms with E-state index in [1.165, 1.54) is 7.11 Å². The fourth-order valence-electron chi connectivity index (χ4n) is 2.76. The van der Waals surface area contributed by atoms with Crippen molar-refractivity contribution < 1.29 is 14.1 Å². The summed E-state index contributed by atoms with van der Waals surface area (Å²) in [5.74, 6) is 0.571. The zero-order valence-electron chi connectivity index (χ0n) is 13.9. The zero-order valence-corrected chi connectivity index (χ0v) is 13.9. The quantitative estimate of drug-likeness (QED) is 0.577. The van der Waals surface area contributed by atoms with E-state index in [4.69, 9.17) is 9.26 Å². The Balaban J connectivity index is 1.77. The number of benzene rings is 1. The van der Waals surface area contributed by atoms with Crippen molar-refractivity contribution in [2.24, 2.45) is 7.05 Å². The molecule has 0 fully saturated rings. The Morgan fingerprint density at radius 1 is 1.28 bits per heavy atom. The third kappa shape index (κ3) is 2.57. The van der Waals surface area contributed by atoms with Crippen LogP contribution in [-0.4, -0.2) is 38.0 Å². The molecule has 126 valence electrons. The van der Waals surface area contributed by atoms with E-state index in [0.29, 0.717) is 11.7 Å². The van der Waals surface area contributed by atoms with Crippen LogP contribution in [0.2, 0.25) is 0 Å². The average Bonchev–Trinajstić information content (AvgIpc) is 3.30. The molecule has 8 heteroatoms. The molecule has 0 bridgehead atoms. The number of rotatable bonds is 3. The number of hydrogen-bond donors (Lipinski definition) is 1. The van der Waals surface area contributed by atoms with Gasteiger partial charge in [-0.25, -0.2) is 4.79 Å². The van der Waals surface area contributed by atoms with Gasteiger partial charge in [0.15, 0.2) is 11.5 Å². The zero-order chi connectivity index (χ0) is 17.6. The summed E-state index contributed by atoms with van der Waals surface area (Å²) in [7, 11) is 3.12. The molecule has 3 aromatic heterocycles. The first-order valence-corrected chi connectivity index (χ1v) is 7.61. The molecule has 0 saturated carbocycles. The Hall–Kier alpha value is -3.42. The van der Waals surface area contributed by atoms with Gasteiger partial charge in [0.1, 0.15) is 5.69 Å². The van der Waals surface area contributed by atoms with Crippen molar-refractivity contribution in [3.05, 3.63) is 41.9 Å². The first-order chi connectivity index (χ1) is 12.0. The number of nitrogens with one attached hydrogen (secondary N) is 1. The Bertz CT molecular complexity index is 1090. The van der Waals surface area contributed by atoms with E-state index in [9.17, 15) is 4.79 Å². The molecule has 0 atom stereocenters. The predicted octanol–water partition coefficient (Wildman–Crippen LogP) is 2.71. The van der Waals surface area contributed by atoms with Gasteiger partial charge in [-0.15, -0.1) is 0 Å². The van der Waals surface area contributed by atoms with Gasteiger partial charge in [0.05, 0.1) is 12.8 Å². The second kappa shape index (κ2) is 5.59. The summed E-state index contributed by atoms with van der Waals surface area (Å²) in [6.45, 7) is 1.77. The van der Waals surface area contributed by atoms with Crippen LogP contribution in [-0.2, 0) is 11.8 Å². The van der Waals surface area contributed by atoms with Gasteiger partial charge in [-0.3, -0.25) is 4.68 Å². The number of carbonyl (C=O) groups excluding carboxylic acids is 1. The van der Waals surface area contributed by atoms with Crippen LogP contribution in [0.5, 0.6) is 0 Å². The Morgan fingerprint density at radius 2 is 2.12 bits per heavy atom. The molecule has 0 radical (unpaired) electrons. The van der Waals surface area contributed by atoms with Crippen molar-refractivity contribution in [2.45, 2.75) is 6.92 Å². The number of methoxy groups -OCH3 is 1. The maximum absolute atomic E-state index is 11.7. The van der Waals surface area contributed by atoms with Crippen molar-refractivity contribution in [3.63, 3.8) is 0 Å². The summed E-state index contributed by atoms with van der Waals surface area (Å²) in [4.78, 5) is 19.1. The van der Waals surface area contributed by atoms with Gasteiger partial charge in [-0.1, -0.05) is 11.2 Å². The first-order valence-electron chi connectivity index (χ1n) is 7.61. The van der Waals surface area contributed by atoms with Crippen LogP contribution in [0.3, 0.4) is 0 Å². The molecule has 0 aliphatic carbocycles. The number of ether oxygens (including phenoxy) is 1. The van der Waals surface area contributed by atoms with Gasteiger partial charge in [-0.05, 0) is 31.2 Å². The highest BCUT2D eigenvalue weighted by atomic mass is 16.5. The molecule has 0 saturated heterocycles. The number of fused-ring (bicyclic) bond motifs is 1. The monoisotopic (exact) mass is 337 g/mol. The normalized spacial score (nSPS) is 11.2. The third-order valence-electron chi connectivity index (χ3n) is 3.95. The highest BCUT2D eigenvalue weighted by Crippen LogP contribution is 2.28. The van der Waals surface area contributed by atoms with Crippen LogP contribution in [0.1, 0.15) is 16.3 Å². The molecule has 0 aliphatic rings. The molecule has 1 aromatic carbocycles. The van der Waals surface area contributed by atoms with Gasteiger partial charge < -0.3 is 14.2 Å². The molecule has 0 unspecified atom stereocenters. The number of aromatic amines is 1.